The largest absolute Gasteiger partial charge is 0.378 e. The number of rotatable bonds is 3. The molecule has 2 heteroatoms. The van der Waals surface area contributed by atoms with Crippen LogP contribution in [-0.4, -0.2) is 18.5 Å². The highest BCUT2D eigenvalue weighted by Crippen LogP contribution is 2.18. The van der Waals surface area contributed by atoms with Gasteiger partial charge in [0.25, 0.3) is 0 Å². The normalized spacial score (nSPS) is 20.7. The number of carbonyl (C=O) groups excluding carboxylic acids is 1. The van der Waals surface area contributed by atoms with Gasteiger partial charge in [-0.2, -0.15) is 0 Å². The summed E-state index contributed by atoms with van der Waals surface area (Å²) < 4.78 is 5.58. The number of hydrogen-bond donors (Lipinski definition) is 0. The molecule has 0 bridgehead atoms. The average Bonchev–Trinajstić information content (AvgIpc) is 2.30. The van der Waals surface area contributed by atoms with E-state index < -0.39 is 0 Å². The van der Waals surface area contributed by atoms with Crippen molar-refractivity contribution < 1.29 is 9.53 Å². The van der Waals surface area contributed by atoms with Crippen molar-refractivity contribution in [2.75, 3.05) is 6.61 Å². The van der Waals surface area contributed by atoms with Crippen molar-refractivity contribution in [3.63, 3.8) is 0 Å². The highest BCUT2D eigenvalue weighted by molar-refractivity contribution is 5.96. The molecule has 1 aliphatic heterocycles. The topological polar surface area (TPSA) is 26.3 Å². The van der Waals surface area contributed by atoms with E-state index in [0.29, 0.717) is 6.42 Å². The zero-order chi connectivity index (χ0) is 11.4. The van der Waals surface area contributed by atoms with Crippen LogP contribution in [0.2, 0.25) is 0 Å². The summed E-state index contributed by atoms with van der Waals surface area (Å²) in [4.78, 5) is 12.0. The van der Waals surface area contributed by atoms with Crippen LogP contribution < -0.4 is 0 Å². The maximum Gasteiger partial charge on any atom is 0.165 e. The maximum absolute atomic E-state index is 12.0. The number of benzene rings is 1. The van der Waals surface area contributed by atoms with Gasteiger partial charge in [-0.1, -0.05) is 23.8 Å². The third-order valence-corrected chi connectivity index (χ3v) is 3.03. The summed E-state index contributed by atoms with van der Waals surface area (Å²) in [5.41, 5.74) is 1.95. The predicted molar refractivity (Wildman–Crippen MR) is 63.7 cm³/mol. The van der Waals surface area contributed by atoms with Crippen molar-refractivity contribution in [1.29, 1.82) is 0 Å². The van der Waals surface area contributed by atoms with E-state index in [1.165, 1.54) is 6.42 Å². The third-order valence-electron chi connectivity index (χ3n) is 3.03. The minimum atomic E-state index is 0.141. The fourth-order valence-corrected chi connectivity index (χ4v) is 2.11. The molecule has 16 heavy (non-hydrogen) atoms. The first kappa shape index (κ1) is 11.3. The molecule has 0 saturated carbocycles. The van der Waals surface area contributed by atoms with Crippen LogP contribution in [0.25, 0.3) is 0 Å². The number of ether oxygens (including phenoxy) is 1. The van der Waals surface area contributed by atoms with Crippen LogP contribution in [0.3, 0.4) is 0 Å². The van der Waals surface area contributed by atoms with E-state index >= 15 is 0 Å². The van der Waals surface area contributed by atoms with Crippen LogP contribution in [0.15, 0.2) is 24.3 Å². The molecule has 1 saturated heterocycles. The number of aryl methyl sites for hydroxylation is 1. The van der Waals surface area contributed by atoms with E-state index in [1.54, 1.807) is 0 Å². The molecule has 1 fully saturated rings. The summed E-state index contributed by atoms with van der Waals surface area (Å²) in [7, 11) is 0. The monoisotopic (exact) mass is 218 g/mol. The summed E-state index contributed by atoms with van der Waals surface area (Å²) in [6.45, 7) is 2.82. The maximum atomic E-state index is 12.0. The Balaban J connectivity index is 1.97. The SMILES string of the molecule is Cc1cccc(C(=O)CC2CCCCO2)c1. The molecule has 0 amide bonds. The molecule has 0 radical (unpaired) electrons. The van der Waals surface area contributed by atoms with Gasteiger partial charge in [0, 0.05) is 18.6 Å². The Morgan fingerprint density at radius 2 is 2.31 bits per heavy atom. The summed E-state index contributed by atoms with van der Waals surface area (Å²) >= 11 is 0. The minimum Gasteiger partial charge on any atom is -0.378 e. The van der Waals surface area contributed by atoms with Gasteiger partial charge in [-0.15, -0.1) is 0 Å². The summed E-state index contributed by atoms with van der Waals surface area (Å²) in [5, 5.41) is 0. The van der Waals surface area contributed by atoms with Crippen LogP contribution in [0.5, 0.6) is 0 Å². The van der Waals surface area contributed by atoms with Gasteiger partial charge < -0.3 is 4.74 Å². The van der Waals surface area contributed by atoms with Gasteiger partial charge in [-0.3, -0.25) is 4.79 Å². The van der Waals surface area contributed by atoms with E-state index in [4.69, 9.17) is 4.74 Å². The summed E-state index contributed by atoms with van der Waals surface area (Å²) in [6, 6.07) is 7.78. The van der Waals surface area contributed by atoms with Crippen LogP contribution in [0.4, 0.5) is 0 Å². The molecular formula is C14H18O2. The molecule has 1 unspecified atom stereocenters. The molecule has 2 rings (SSSR count). The van der Waals surface area contributed by atoms with Gasteiger partial charge in [-0.05, 0) is 32.3 Å². The summed E-state index contributed by atoms with van der Waals surface area (Å²) in [6.07, 6.45) is 4.02. The second kappa shape index (κ2) is 5.26. The molecule has 1 aliphatic rings. The first-order valence-electron chi connectivity index (χ1n) is 5.97. The van der Waals surface area contributed by atoms with E-state index in [0.717, 1.165) is 30.6 Å². The van der Waals surface area contributed by atoms with Gasteiger partial charge in [0.2, 0.25) is 0 Å². The first-order valence-corrected chi connectivity index (χ1v) is 5.97. The van der Waals surface area contributed by atoms with E-state index in [-0.39, 0.29) is 11.9 Å². The lowest BCUT2D eigenvalue weighted by Gasteiger charge is -2.21. The second-order valence-corrected chi connectivity index (χ2v) is 4.49. The van der Waals surface area contributed by atoms with Gasteiger partial charge in [0.15, 0.2) is 5.78 Å². The molecule has 1 heterocycles. The number of Topliss-reactive ketones (excluding diaryl/α,β-unsaturated/α-hetero) is 1. The third kappa shape index (κ3) is 2.92. The standard InChI is InChI=1S/C14H18O2/c1-11-5-4-6-12(9-11)14(15)10-13-7-2-3-8-16-13/h4-6,9,13H,2-3,7-8,10H2,1H3. The average molecular weight is 218 g/mol. The quantitative estimate of drug-likeness (QED) is 0.728. The molecule has 0 aromatic heterocycles. The van der Waals surface area contributed by atoms with E-state index in [2.05, 4.69) is 0 Å². The second-order valence-electron chi connectivity index (χ2n) is 4.49. The number of hydrogen-bond acceptors (Lipinski definition) is 2. The Kier molecular flexibility index (Phi) is 3.73. The first-order chi connectivity index (χ1) is 7.75. The zero-order valence-corrected chi connectivity index (χ0v) is 9.74. The molecule has 2 nitrogen and oxygen atoms in total. The van der Waals surface area contributed by atoms with Crippen molar-refractivity contribution in [3.8, 4) is 0 Å². The Morgan fingerprint density at radius 3 is 3.00 bits per heavy atom. The van der Waals surface area contributed by atoms with Crippen molar-refractivity contribution >= 4 is 5.78 Å². The Morgan fingerprint density at radius 1 is 1.44 bits per heavy atom. The van der Waals surface area contributed by atoms with Gasteiger partial charge in [0.1, 0.15) is 0 Å². The summed E-state index contributed by atoms with van der Waals surface area (Å²) in [5.74, 6) is 0.204. The molecule has 0 N–H and O–H groups in total. The Labute approximate surface area is 96.6 Å². The van der Waals surface area contributed by atoms with Gasteiger partial charge in [0.05, 0.1) is 6.10 Å². The molecular weight excluding hydrogens is 200 g/mol. The van der Waals surface area contributed by atoms with Crippen molar-refractivity contribution in [1.82, 2.24) is 0 Å². The van der Waals surface area contributed by atoms with Crippen LogP contribution in [0, 0.1) is 6.92 Å². The molecule has 1 aromatic rings. The Bertz CT molecular complexity index is 365. The smallest absolute Gasteiger partial charge is 0.165 e. The van der Waals surface area contributed by atoms with Crippen LogP contribution >= 0.6 is 0 Å². The number of carbonyl (C=O) groups is 1. The van der Waals surface area contributed by atoms with Crippen LogP contribution in [-0.2, 0) is 4.74 Å². The van der Waals surface area contributed by atoms with Crippen LogP contribution in [0.1, 0.15) is 41.6 Å². The van der Waals surface area contributed by atoms with Crippen molar-refractivity contribution in [2.24, 2.45) is 0 Å². The van der Waals surface area contributed by atoms with Gasteiger partial charge in [-0.25, -0.2) is 0 Å². The van der Waals surface area contributed by atoms with E-state index in [9.17, 15) is 4.79 Å². The molecule has 1 atom stereocenters. The fraction of sp³-hybridized carbons (Fsp3) is 0.500. The Hall–Kier alpha value is -1.15. The molecule has 0 spiro atoms. The lowest BCUT2D eigenvalue weighted by molar-refractivity contribution is 0.0129. The highest BCUT2D eigenvalue weighted by atomic mass is 16.5. The molecule has 1 aromatic carbocycles. The molecule has 86 valence electrons. The molecule has 0 aliphatic carbocycles. The fourth-order valence-electron chi connectivity index (χ4n) is 2.11. The zero-order valence-electron chi connectivity index (χ0n) is 9.74. The van der Waals surface area contributed by atoms with E-state index in [1.807, 2.05) is 31.2 Å². The highest BCUT2D eigenvalue weighted by Gasteiger charge is 2.18. The predicted octanol–water partition coefficient (Wildman–Crippen LogP) is 3.14. The number of ketones is 1. The van der Waals surface area contributed by atoms with Crippen molar-refractivity contribution in [3.05, 3.63) is 35.4 Å². The van der Waals surface area contributed by atoms with Gasteiger partial charge >= 0.3 is 0 Å². The van der Waals surface area contributed by atoms with Crippen molar-refractivity contribution in [2.45, 2.75) is 38.7 Å². The lowest BCUT2D eigenvalue weighted by Crippen LogP contribution is -2.22. The minimum absolute atomic E-state index is 0.141. The lowest BCUT2D eigenvalue weighted by atomic mass is 9.99.